The van der Waals surface area contributed by atoms with Gasteiger partial charge in [-0.05, 0) is 18.6 Å². The van der Waals surface area contributed by atoms with E-state index in [1.54, 1.807) is 25.4 Å². The molecular weight excluding hydrogens is 258 g/mol. The number of nitrogens with zero attached hydrogens (tertiary/aromatic N) is 2. The molecule has 0 saturated heterocycles. The highest BCUT2D eigenvalue weighted by Gasteiger charge is 2.15. The van der Waals surface area contributed by atoms with Crippen LogP contribution in [0.5, 0.6) is 0 Å². The van der Waals surface area contributed by atoms with E-state index < -0.39 is 6.10 Å². The van der Waals surface area contributed by atoms with Crippen LogP contribution in [0, 0.1) is 0 Å². The number of hydrogen-bond donors (Lipinski definition) is 2. The van der Waals surface area contributed by atoms with E-state index in [4.69, 9.17) is 4.74 Å². The summed E-state index contributed by atoms with van der Waals surface area (Å²) in [6.07, 6.45) is 1.87. The van der Waals surface area contributed by atoms with Crippen LogP contribution in [0.3, 0.4) is 0 Å². The molecule has 1 aromatic heterocycles. The molecule has 0 fully saturated rings. The van der Waals surface area contributed by atoms with Crippen LogP contribution in [0.25, 0.3) is 0 Å². The molecule has 6 heteroatoms. The van der Waals surface area contributed by atoms with E-state index in [9.17, 15) is 9.90 Å². The summed E-state index contributed by atoms with van der Waals surface area (Å²) >= 11 is 0. The van der Waals surface area contributed by atoms with Gasteiger partial charge in [0.1, 0.15) is 5.82 Å². The first-order valence-electron chi connectivity index (χ1n) is 6.70. The average Bonchev–Trinajstić information content (AvgIpc) is 2.45. The Morgan fingerprint density at radius 3 is 2.85 bits per heavy atom. The third-order valence-electron chi connectivity index (χ3n) is 2.76. The van der Waals surface area contributed by atoms with E-state index in [0.29, 0.717) is 5.56 Å². The van der Waals surface area contributed by atoms with Crippen LogP contribution in [0.4, 0.5) is 5.82 Å². The number of amides is 1. The number of aliphatic hydroxyl groups excluding tert-OH is 1. The van der Waals surface area contributed by atoms with Gasteiger partial charge in [0.05, 0.1) is 18.3 Å². The van der Waals surface area contributed by atoms with Crippen molar-refractivity contribution in [1.29, 1.82) is 0 Å². The first-order valence-corrected chi connectivity index (χ1v) is 6.70. The lowest BCUT2D eigenvalue weighted by molar-refractivity contribution is 0.0380. The molecule has 1 rings (SSSR count). The Morgan fingerprint density at radius 2 is 2.30 bits per heavy atom. The van der Waals surface area contributed by atoms with Crippen molar-refractivity contribution in [2.24, 2.45) is 0 Å². The number of aliphatic hydroxyl groups is 1. The number of methoxy groups -OCH3 is 1. The second-order valence-corrected chi connectivity index (χ2v) is 4.65. The molecule has 0 aliphatic carbocycles. The van der Waals surface area contributed by atoms with Crippen molar-refractivity contribution in [3.8, 4) is 0 Å². The Balaban J connectivity index is 2.58. The van der Waals surface area contributed by atoms with Crippen LogP contribution in [-0.4, -0.2) is 60.9 Å². The van der Waals surface area contributed by atoms with Crippen molar-refractivity contribution in [1.82, 2.24) is 9.88 Å². The van der Waals surface area contributed by atoms with Crippen LogP contribution in [0.15, 0.2) is 18.3 Å². The van der Waals surface area contributed by atoms with Crippen LogP contribution < -0.4 is 5.32 Å². The average molecular weight is 281 g/mol. The molecule has 1 heterocycles. The monoisotopic (exact) mass is 281 g/mol. The molecule has 0 bridgehead atoms. The van der Waals surface area contributed by atoms with E-state index in [0.717, 1.165) is 18.8 Å². The Hall–Kier alpha value is -1.66. The molecule has 1 atom stereocenters. The van der Waals surface area contributed by atoms with Gasteiger partial charge in [0.2, 0.25) is 0 Å². The maximum Gasteiger partial charge on any atom is 0.255 e. The Kier molecular flexibility index (Phi) is 6.97. The zero-order valence-corrected chi connectivity index (χ0v) is 12.3. The predicted molar refractivity (Wildman–Crippen MR) is 77.9 cm³/mol. The number of rotatable bonds is 8. The van der Waals surface area contributed by atoms with Gasteiger partial charge in [-0.3, -0.25) is 4.79 Å². The molecule has 0 radical (unpaired) electrons. The highest BCUT2D eigenvalue weighted by Crippen LogP contribution is 2.08. The topological polar surface area (TPSA) is 74.7 Å². The number of hydrogen-bond acceptors (Lipinski definition) is 5. The van der Waals surface area contributed by atoms with Crippen molar-refractivity contribution >= 4 is 11.7 Å². The number of nitrogens with one attached hydrogen (secondary N) is 1. The van der Waals surface area contributed by atoms with Gasteiger partial charge in [-0.25, -0.2) is 4.98 Å². The highest BCUT2D eigenvalue weighted by atomic mass is 16.5. The van der Waals surface area contributed by atoms with Crippen molar-refractivity contribution in [2.45, 2.75) is 19.4 Å². The van der Waals surface area contributed by atoms with Gasteiger partial charge >= 0.3 is 0 Å². The van der Waals surface area contributed by atoms with Crippen molar-refractivity contribution in [3.63, 3.8) is 0 Å². The molecule has 0 aliphatic rings. The fourth-order valence-corrected chi connectivity index (χ4v) is 1.74. The molecule has 2 N–H and O–H groups in total. The normalized spacial score (nSPS) is 12.0. The van der Waals surface area contributed by atoms with Gasteiger partial charge in [-0.15, -0.1) is 0 Å². The van der Waals surface area contributed by atoms with E-state index in [2.05, 4.69) is 17.2 Å². The molecule has 1 aromatic rings. The number of ether oxygens (including phenoxy) is 1. The maximum atomic E-state index is 12.1. The lowest BCUT2D eigenvalue weighted by atomic mass is 10.2. The molecule has 0 spiro atoms. The highest BCUT2D eigenvalue weighted by molar-refractivity contribution is 5.93. The summed E-state index contributed by atoms with van der Waals surface area (Å²) in [5.74, 6) is 0.583. The van der Waals surface area contributed by atoms with Crippen molar-refractivity contribution in [3.05, 3.63) is 23.9 Å². The third kappa shape index (κ3) is 5.14. The van der Waals surface area contributed by atoms with Crippen LogP contribution in [0.1, 0.15) is 23.7 Å². The van der Waals surface area contributed by atoms with Crippen LogP contribution in [0.2, 0.25) is 0 Å². The number of pyridine rings is 1. The zero-order valence-electron chi connectivity index (χ0n) is 12.3. The Labute approximate surface area is 119 Å². The molecule has 1 unspecified atom stereocenters. The zero-order chi connectivity index (χ0) is 15.0. The molecule has 20 heavy (non-hydrogen) atoms. The summed E-state index contributed by atoms with van der Waals surface area (Å²) in [5.41, 5.74) is 0.499. The first kappa shape index (κ1) is 16.4. The SMILES string of the molecule is CCCNc1ccc(C(=O)N(C)CC(O)COC)cn1. The largest absolute Gasteiger partial charge is 0.389 e. The van der Waals surface area contributed by atoms with Gasteiger partial charge in [-0.2, -0.15) is 0 Å². The molecule has 0 aliphatic heterocycles. The van der Waals surface area contributed by atoms with Crippen LogP contribution >= 0.6 is 0 Å². The minimum absolute atomic E-state index is 0.172. The molecule has 0 aromatic carbocycles. The standard InChI is InChI=1S/C14H23N3O3/c1-4-7-15-13-6-5-11(8-16-13)14(19)17(2)9-12(18)10-20-3/h5-6,8,12,18H,4,7,9-10H2,1-3H3,(H,15,16). The Morgan fingerprint density at radius 1 is 1.55 bits per heavy atom. The summed E-state index contributed by atoms with van der Waals surface area (Å²) in [4.78, 5) is 17.8. The van der Waals surface area contributed by atoms with Crippen molar-refractivity contribution in [2.75, 3.05) is 39.2 Å². The smallest absolute Gasteiger partial charge is 0.255 e. The number of carbonyl (C=O) groups is 1. The minimum atomic E-state index is -0.688. The molecule has 112 valence electrons. The number of aromatic nitrogens is 1. The molecule has 0 saturated carbocycles. The lowest BCUT2D eigenvalue weighted by Gasteiger charge is -2.20. The lowest BCUT2D eigenvalue weighted by Crippen LogP contribution is -2.36. The van der Waals surface area contributed by atoms with Gasteiger partial charge < -0.3 is 20.1 Å². The number of carbonyl (C=O) groups excluding carboxylic acids is 1. The predicted octanol–water partition coefficient (Wildman–Crippen LogP) is 0.983. The van der Waals surface area contributed by atoms with Crippen molar-refractivity contribution < 1.29 is 14.6 Å². The van der Waals surface area contributed by atoms with E-state index in [1.165, 1.54) is 12.0 Å². The van der Waals surface area contributed by atoms with E-state index in [-0.39, 0.29) is 19.1 Å². The first-order chi connectivity index (χ1) is 9.58. The van der Waals surface area contributed by atoms with Crippen LogP contribution in [-0.2, 0) is 4.74 Å². The molecule has 6 nitrogen and oxygen atoms in total. The van der Waals surface area contributed by atoms with Gasteiger partial charge in [-0.1, -0.05) is 6.92 Å². The molecular formula is C14H23N3O3. The molecule has 1 amide bonds. The number of likely N-dealkylation sites (N-methyl/N-ethyl adjacent to an activating group) is 1. The number of anilines is 1. The summed E-state index contributed by atoms with van der Waals surface area (Å²) in [6, 6.07) is 3.51. The second kappa shape index (κ2) is 8.50. The van der Waals surface area contributed by atoms with Gasteiger partial charge in [0.15, 0.2) is 0 Å². The fourth-order valence-electron chi connectivity index (χ4n) is 1.74. The maximum absolute atomic E-state index is 12.1. The summed E-state index contributed by atoms with van der Waals surface area (Å²) < 4.78 is 4.83. The fraction of sp³-hybridized carbons (Fsp3) is 0.571. The van der Waals surface area contributed by atoms with Gasteiger partial charge in [0.25, 0.3) is 5.91 Å². The summed E-state index contributed by atoms with van der Waals surface area (Å²) in [6.45, 7) is 3.35. The quantitative estimate of drug-likeness (QED) is 0.743. The second-order valence-electron chi connectivity index (χ2n) is 4.65. The minimum Gasteiger partial charge on any atom is -0.389 e. The summed E-state index contributed by atoms with van der Waals surface area (Å²) in [7, 11) is 3.15. The van der Waals surface area contributed by atoms with Gasteiger partial charge in [0, 0.05) is 33.4 Å². The summed E-state index contributed by atoms with van der Waals surface area (Å²) in [5, 5.41) is 12.8. The third-order valence-corrected chi connectivity index (χ3v) is 2.76. The van der Waals surface area contributed by atoms with E-state index in [1.807, 2.05) is 0 Å². The Bertz CT molecular complexity index is 409. The van der Waals surface area contributed by atoms with E-state index >= 15 is 0 Å².